The number of sulfonamides is 1. The fourth-order valence-corrected chi connectivity index (χ4v) is 4.36. The van der Waals surface area contributed by atoms with Gasteiger partial charge in [0.1, 0.15) is 23.9 Å². The number of ether oxygens (including phenoxy) is 3. The molecule has 1 aliphatic heterocycles. The number of anilines is 2. The highest BCUT2D eigenvalue weighted by Crippen LogP contribution is 2.31. The van der Waals surface area contributed by atoms with Crippen LogP contribution in [0.3, 0.4) is 0 Å². The number of nitrogens with zero attached hydrogens (tertiary/aromatic N) is 2. The van der Waals surface area contributed by atoms with Gasteiger partial charge in [-0.3, -0.25) is 20.3 Å². The summed E-state index contributed by atoms with van der Waals surface area (Å²) in [6.45, 7) is 0.918. The largest absolute Gasteiger partial charge is 0.497 e. The number of nitro groups is 1. The van der Waals surface area contributed by atoms with E-state index in [4.69, 9.17) is 14.2 Å². The second kappa shape index (κ2) is 9.67. The van der Waals surface area contributed by atoms with Gasteiger partial charge in [-0.2, -0.15) is 5.10 Å². The molecule has 0 fully saturated rings. The lowest BCUT2D eigenvalue weighted by molar-refractivity contribution is -0.385. The molecule has 4 rings (SSSR count). The fraction of sp³-hybridized carbons (Fsp3) is 0.136. The number of methoxy groups -OCH3 is 1. The Balaban J connectivity index is 1.59. The zero-order chi connectivity index (χ0) is 24.1. The third-order valence-electron chi connectivity index (χ3n) is 4.77. The standard InChI is InChI=1S/C22H20N4O7S/c1-31-18-6-3-16(4-7-18)25-34(29,30)22-13-17(26(27)28)5-8-19(22)24-23-14-15-2-9-20-21(12-15)33-11-10-32-20/h2-9,12-14,24-25H,10-11H2,1H3/b23-14+. The van der Waals surface area contributed by atoms with E-state index < -0.39 is 14.9 Å². The molecule has 0 saturated carbocycles. The highest BCUT2D eigenvalue weighted by Gasteiger charge is 2.23. The first-order chi connectivity index (χ1) is 16.4. The highest BCUT2D eigenvalue weighted by molar-refractivity contribution is 7.92. The van der Waals surface area contributed by atoms with Gasteiger partial charge in [0.2, 0.25) is 0 Å². The van der Waals surface area contributed by atoms with Crippen molar-refractivity contribution in [2.45, 2.75) is 4.90 Å². The Labute approximate surface area is 195 Å². The Hall–Kier alpha value is -4.32. The van der Waals surface area contributed by atoms with Gasteiger partial charge in [-0.25, -0.2) is 8.42 Å². The first-order valence-electron chi connectivity index (χ1n) is 10.00. The SMILES string of the molecule is COc1ccc(NS(=O)(=O)c2cc([N+](=O)[O-])ccc2N/N=C/c2ccc3c(c2)OCCO3)cc1. The molecule has 34 heavy (non-hydrogen) atoms. The quantitative estimate of drug-likeness (QED) is 0.281. The van der Waals surface area contributed by atoms with Crippen LogP contribution in [-0.4, -0.2) is 39.9 Å². The third kappa shape index (κ3) is 5.18. The average Bonchev–Trinajstić information content (AvgIpc) is 2.84. The van der Waals surface area contributed by atoms with Gasteiger partial charge >= 0.3 is 0 Å². The molecule has 0 aromatic heterocycles. The van der Waals surface area contributed by atoms with Crippen molar-refractivity contribution in [3.8, 4) is 17.2 Å². The van der Waals surface area contributed by atoms with Gasteiger partial charge in [-0.05, 0) is 54.1 Å². The fourth-order valence-electron chi connectivity index (χ4n) is 3.13. The molecule has 1 aliphatic rings. The van der Waals surface area contributed by atoms with Gasteiger partial charge in [-0.1, -0.05) is 0 Å². The van der Waals surface area contributed by atoms with E-state index in [0.29, 0.717) is 36.0 Å². The van der Waals surface area contributed by atoms with E-state index in [-0.39, 0.29) is 22.0 Å². The van der Waals surface area contributed by atoms with Crippen LogP contribution in [0.15, 0.2) is 70.7 Å². The van der Waals surface area contributed by atoms with Crippen molar-refractivity contribution in [3.63, 3.8) is 0 Å². The van der Waals surface area contributed by atoms with Crippen LogP contribution in [0.2, 0.25) is 0 Å². The number of non-ortho nitro benzene ring substituents is 1. The second-order valence-electron chi connectivity index (χ2n) is 7.04. The Morgan fingerprint density at radius 1 is 1.03 bits per heavy atom. The van der Waals surface area contributed by atoms with Crippen molar-refractivity contribution < 1.29 is 27.6 Å². The van der Waals surface area contributed by atoms with Crippen LogP contribution >= 0.6 is 0 Å². The average molecular weight is 484 g/mol. The molecule has 2 N–H and O–H groups in total. The number of hydrogen-bond donors (Lipinski definition) is 2. The van der Waals surface area contributed by atoms with E-state index >= 15 is 0 Å². The van der Waals surface area contributed by atoms with Gasteiger partial charge < -0.3 is 14.2 Å². The molecule has 0 saturated heterocycles. The van der Waals surface area contributed by atoms with Crippen LogP contribution in [-0.2, 0) is 10.0 Å². The van der Waals surface area contributed by atoms with Crippen LogP contribution in [0.25, 0.3) is 0 Å². The number of rotatable bonds is 8. The summed E-state index contributed by atoms with van der Waals surface area (Å²) >= 11 is 0. The van der Waals surface area contributed by atoms with Gasteiger partial charge in [0, 0.05) is 17.8 Å². The van der Waals surface area contributed by atoms with Crippen molar-refractivity contribution in [2.75, 3.05) is 30.5 Å². The first kappa shape index (κ1) is 22.9. The van der Waals surface area contributed by atoms with Crippen LogP contribution in [0, 0.1) is 10.1 Å². The molecule has 0 atom stereocenters. The summed E-state index contributed by atoms with van der Waals surface area (Å²) in [5, 5.41) is 15.3. The van der Waals surface area contributed by atoms with E-state index in [1.165, 1.54) is 37.6 Å². The summed E-state index contributed by atoms with van der Waals surface area (Å²) in [4.78, 5) is 10.2. The van der Waals surface area contributed by atoms with Crippen molar-refractivity contribution in [3.05, 3.63) is 76.3 Å². The molecule has 0 spiro atoms. The summed E-state index contributed by atoms with van der Waals surface area (Å²) < 4.78 is 44.6. The van der Waals surface area contributed by atoms with Crippen molar-refractivity contribution in [1.82, 2.24) is 0 Å². The maximum Gasteiger partial charge on any atom is 0.270 e. The van der Waals surface area contributed by atoms with Crippen LogP contribution < -0.4 is 24.4 Å². The monoisotopic (exact) mass is 484 g/mol. The molecule has 0 unspecified atom stereocenters. The van der Waals surface area contributed by atoms with E-state index in [2.05, 4.69) is 15.2 Å². The number of fused-ring (bicyclic) bond motifs is 1. The summed E-state index contributed by atoms with van der Waals surface area (Å²) in [5.74, 6) is 1.76. The maximum atomic E-state index is 13.1. The predicted molar refractivity (Wildman–Crippen MR) is 126 cm³/mol. The summed E-state index contributed by atoms with van der Waals surface area (Å²) in [6.07, 6.45) is 1.47. The molecule has 12 heteroatoms. The molecule has 0 radical (unpaired) electrons. The van der Waals surface area contributed by atoms with Crippen LogP contribution in [0.1, 0.15) is 5.56 Å². The molecular weight excluding hydrogens is 464 g/mol. The van der Waals surface area contributed by atoms with Gasteiger partial charge in [0.25, 0.3) is 15.7 Å². The Morgan fingerprint density at radius 3 is 2.47 bits per heavy atom. The number of hydrogen-bond acceptors (Lipinski definition) is 9. The number of benzene rings is 3. The molecule has 0 aliphatic carbocycles. The lowest BCUT2D eigenvalue weighted by atomic mass is 10.2. The minimum atomic E-state index is -4.19. The third-order valence-corrected chi connectivity index (χ3v) is 6.19. The van der Waals surface area contributed by atoms with Crippen LogP contribution in [0.4, 0.5) is 17.1 Å². The van der Waals surface area contributed by atoms with Crippen molar-refractivity contribution in [2.24, 2.45) is 5.10 Å². The molecule has 1 heterocycles. The first-order valence-corrected chi connectivity index (χ1v) is 11.5. The molecule has 11 nitrogen and oxygen atoms in total. The summed E-state index contributed by atoms with van der Waals surface area (Å²) in [5.41, 5.74) is 3.27. The lowest BCUT2D eigenvalue weighted by Crippen LogP contribution is -2.15. The molecule has 176 valence electrons. The van der Waals surface area contributed by atoms with E-state index in [1.807, 2.05) is 0 Å². The van der Waals surface area contributed by atoms with Crippen LogP contribution in [0.5, 0.6) is 17.2 Å². The Bertz CT molecular complexity index is 1340. The number of nitrogens with one attached hydrogen (secondary N) is 2. The van der Waals surface area contributed by atoms with Gasteiger partial charge in [0.05, 0.1) is 23.9 Å². The summed E-state index contributed by atoms with van der Waals surface area (Å²) in [6, 6.07) is 14.9. The minimum absolute atomic E-state index is 0.0559. The zero-order valence-electron chi connectivity index (χ0n) is 17.9. The normalized spacial score (nSPS) is 12.9. The summed E-state index contributed by atoms with van der Waals surface area (Å²) in [7, 11) is -2.70. The zero-order valence-corrected chi connectivity index (χ0v) is 18.7. The molecule has 3 aromatic rings. The second-order valence-corrected chi connectivity index (χ2v) is 8.70. The van der Waals surface area contributed by atoms with E-state index in [9.17, 15) is 18.5 Å². The van der Waals surface area contributed by atoms with Crippen molar-refractivity contribution in [1.29, 1.82) is 0 Å². The molecule has 0 bridgehead atoms. The smallest absolute Gasteiger partial charge is 0.270 e. The Morgan fingerprint density at radius 2 is 1.76 bits per heavy atom. The van der Waals surface area contributed by atoms with E-state index in [1.54, 1.807) is 30.3 Å². The van der Waals surface area contributed by atoms with E-state index in [0.717, 1.165) is 6.07 Å². The topological polar surface area (TPSA) is 141 Å². The highest BCUT2D eigenvalue weighted by atomic mass is 32.2. The van der Waals surface area contributed by atoms with Crippen molar-refractivity contribution >= 4 is 33.3 Å². The van der Waals surface area contributed by atoms with Gasteiger partial charge in [0.15, 0.2) is 11.5 Å². The Kier molecular flexibility index (Phi) is 6.50. The number of nitro benzene ring substituents is 1. The molecular formula is C22H20N4O7S. The minimum Gasteiger partial charge on any atom is -0.497 e. The lowest BCUT2D eigenvalue weighted by Gasteiger charge is -2.18. The van der Waals surface area contributed by atoms with Gasteiger partial charge in [-0.15, -0.1) is 0 Å². The molecule has 0 amide bonds. The number of hydrazone groups is 1. The molecule has 3 aromatic carbocycles. The maximum absolute atomic E-state index is 13.1. The predicted octanol–water partition coefficient (Wildman–Crippen LogP) is 3.62.